The van der Waals surface area contributed by atoms with Crippen molar-refractivity contribution in [1.29, 1.82) is 0 Å². The van der Waals surface area contributed by atoms with Crippen LogP contribution in [0.5, 0.6) is 0 Å². The number of aromatic nitrogens is 1. The summed E-state index contributed by atoms with van der Waals surface area (Å²) in [5.41, 5.74) is 7.13. The zero-order valence-electron chi connectivity index (χ0n) is 18.2. The number of pyridine rings is 1. The summed E-state index contributed by atoms with van der Waals surface area (Å²) >= 11 is 0. The van der Waals surface area contributed by atoms with Crippen molar-refractivity contribution in [3.05, 3.63) is 89.2 Å². The molecule has 160 valence electrons. The summed E-state index contributed by atoms with van der Waals surface area (Å²) in [7, 11) is 2.77. The molecule has 0 radical (unpaired) electrons. The standard InChI is InChI=1S/C27H32N3P/c31-26-7-4-21(5-8-26)9-14-29-15-11-25(12-16-29)30-17-10-24-6-3-22(19-27(24)30)18-23-2-1-13-28-20-23/h1-8,13,19-20,25H,9-12,14-18,31H2. The molecule has 1 atom stereocenters. The minimum atomic E-state index is 0.683. The molecule has 0 saturated carbocycles. The molecule has 3 aromatic rings. The quantitative estimate of drug-likeness (QED) is 0.547. The predicted molar refractivity (Wildman–Crippen MR) is 133 cm³/mol. The van der Waals surface area contributed by atoms with Crippen LogP contribution in [0.15, 0.2) is 67.0 Å². The molecule has 0 bridgehead atoms. The van der Waals surface area contributed by atoms with E-state index >= 15 is 0 Å². The summed E-state index contributed by atoms with van der Waals surface area (Å²) in [6, 6.07) is 20.9. The second-order valence-electron chi connectivity index (χ2n) is 9.01. The largest absolute Gasteiger partial charge is 0.368 e. The highest BCUT2D eigenvalue weighted by molar-refractivity contribution is 7.27. The van der Waals surface area contributed by atoms with Gasteiger partial charge < -0.3 is 9.80 Å². The lowest BCUT2D eigenvalue weighted by molar-refractivity contribution is 0.212. The van der Waals surface area contributed by atoms with E-state index in [4.69, 9.17) is 0 Å². The van der Waals surface area contributed by atoms with Crippen LogP contribution in [0, 0.1) is 0 Å². The van der Waals surface area contributed by atoms with Gasteiger partial charge >= 0.3 is 0 Å². The molecule has 3 nitrogen and oxygen atoms in total. The van der Waals surface area contributed by atoms with Crippen LogP contribution in [0.3, 0.4) is 0 Å². The molecular formula is C27H32N3P. The van der Waals surface area contributed by atoms with Crippen molar-refractivity contribution in [1.82, 2.24) is 9.88 Å². The van der Waals surface area contributed by atoms with Crippen LogP contribution in [0.1, 0.15) is 35.1 Å². The molecule has 1 unspecified atom stereocenters. The van der Waals surface area contributed by atoms with Crippen molar-refractivity contribution in [2.45, 2.75) is 38.1 Å². The van der Waals surface area contributed by atoms with Crippen LogP contribution in [0.4, 0.5) is 5.69 Å². The molecule has 4 heteroatoms. The van der Waals surface area contributed by atoms with E-state index < -0.39 is 0 Å². The third-order valence-electron chi connectivity index (χ3n) is 6.91. The van der Waals surface area contributed by atoms with E-state index in [1.54, 1.807) is 0 Å². The lowest BCUT2D eigenvalue weighted by atomic mass is 10.0. The Morgan fingerprint density at radius 1 is 0.903 bits per heavy atom. The monoisotopic (exact) mass is 429 g/mol. The summed E-state index contributed by atoms with van der Waals surface area (Å²) < 4.78 is 0. The van der Waals surface area contributed by atoms with Crippen LogP contribution < -0.4 is 10.2 Å². The minimum absolute atomic E-state index is 0.683. The van der Waals surface area contributed by atoms with Crippen LogP contribution in [-0.2, 0) is 19.3 Å². The van der Waals surface area contributed by atoms with Gasteiger partial charge in [0.1, 0.15) is 0 Å². The van der Waals surface area contributed by atoms with Gasteiger partial charge in [-0.15, -0.1) is 9.24 Å². The zero-order valence-corrected chi connectivity index (χ0v) is 19.4. The third kappa shape index (κ3) is 5.00. The highest BCUT2D eigenvalue weighted by Crippen LogP contribution is 2.34. The Balaban J connectivity index is 1.18. The van der Waals surface area contributed by atoms with Gasteiger partial charge in [0.05, 0.1) is 0 Å². The molecular weight excluding hydrogens is 397 g/mol. The fourth-order valence-electron chi connectivity index (χ4n) is 5.10. The number of anilines is 1. The van der Waals surface area contributed by atoms with Gasteiger partial charge in [-0.1, -0.05) is 42.5 Å². The lowest BCUT2D eigenvalue weighted by Gasteiger charge is -2.38. The van der Waals surface area contributed by atoms with Gasteiger partial charge in [0.2, 0.25) is 0 Å². The van der Waals surface area contributed by atoms with Crippen molar-refractivity contribution in [3.8, 4) is 0 Å². The van der Waals surface area contributed by atoms with Crippen molar-refractivity contribution in [3.63, 3.8) is 0 Å². The van der Waals surface area contributed by atoms with Crippen LogP contribution in [0.25, 0.3) is 0 Å². The molecule has 0 aliphatic carbocycles. The SMILES string of the molecule is Pc1ccc(CCN2CCC(N3CCc4ccc(Cc5cccnc5)cc43)CC2)cc1. The fourth-order valence-corrected chi connectivity index (χ4v) is 5.30. The average Bonchev–Trinajstić information content (AvgIpc) is 3.23. The van der Waals surface area contributed by atoms with E-state index in [9.17, 15) is 0 Å². The van der Waals surface area contributed by atoms with Crippen molar-refractivity contribution < 1.29 is 0 Å². The number of rotatable bonds is 6. The van der Waals surface area contributed by atoms with E-state index in [2.05, 4.69) is 72.6 Å². The minimum Gasteiger partial charge on any atom is -0.368 e. The summed E-state index contributed by atoms with van der Waals surface area (Å²) in [4.78, 5) is 9.63. The first-order chi connectivity index (χ1) is 15.2. The van der Waals surface area contributed by atoms with Gasteiger partial charge in [-0.2, -0.15) is 0 Å². The van der Waals surface area contributed by atoms with E-state index in [1.807, 2.05) is 18.5 Å². The molecule has 31 heavy (non-hydrogen) atoms. The molecule has 2 aliphatic rings. The molecule has 1 fully saturated rings. The Kier molecular flexibility index (Phi) is 6.34. The highest BCUT2D eigenvalue weighted by atomic mass is 31.0. The van der Waals surface area contributed by atoms with Gasteiger partial charge in [-0.3, -0.25) is 4.98 Å². The van der Waals surface area contributed by atoms with Gasteiger partial charge in [0.25, 0.3) is 0 Å². The molecule has 0 N–H and O–H groups in total. The molecule has 2 aliphatic heterocycles. The van der Waals surface area contributed by atoms with Crippen molar-refractivity contribution in [2.24, 2.45) is 0 Å². The number of fused-ring (bicyclic) bond motifs is 1. The first kappa shape index (κ1) is 20.7. The topological polar surface area (TPSA) is 19.4 Å². The number of hydrogen-bond donors (Lipinski definition) is 0. The number of nitrogens with zero attached hydrogens (tertiary/aromatic N) is 3. The number of piperidine rings is 1. The Bertz CT molecular complexity index is 995. The fraction of sp³-hybridized carbons (Fsp3) is 0.370. The maximum absolute atomic E-state index is 4.27. The van der Waals surface area contributed by atoms with E-state index in [1.165, 1.54) is 78.7 Å². The Labute approximate surface area is 188 Å². The van der Waals surface area contributed by atoms with E-state index in [0.717, 1.165) is 12.8 Å². The second-order valence-corrected chi connectivity index (χ2v) is 9.68. The number of benzene rings is 2. The van der Waals surface area contributed by atoms with Crippen molar-refractivity contribution >= 4 is 20.2 Å². The molecule has 1 saturated heterocycles. The molecule has 0 amide bonds. The van der Waals surface area contributed by atoms with Crippen LogP contribution in [0.2, 0.25) is 0 Å². The first-order valence-corrected chi connectivity index (χ1v) is 12.2. The highest BCUT2D eigenvalue weighted by Gasteiger charge is 2.29. The molecule has 0 spiro atoms. The molecule has 2 aromatic carbocycles. The predicted octanol–water partition coefficient (Wildman–Crippen LogP) is 4.24. The number of likely N-dealkylation sites (tertiary alicyclic amines) is 1. The summed E-state index contributed by atoms with van der Waals surface area (Å²) in [5, 5.41) is 1.26. The third-order valence-corrected chi connectivity index (χ3v) is 7.29. The lowest BCUT2D eigenvalue weighted by Crippen LogP contribution is -2.45. The number of hydrogen-bond acceptors (Lipinski definition) is 3. The van der Waals surface area contributed by atoms with E-state index in [0.29, 0.717) is 6.04 Å². The van der Waals surface area contributed by atoms with Gasteiger partial charge in [0.15, 0.2) is 0 Å². The summed E-state index contributed by atoms with van der Waals surface area (Å²) in [5.74, 6) is 0. The molecule has 5 rings (SSSR count). The summed E-state index contributed by atoms with van der Waals surface area (Å²) in [6.07, 6.45) is 9.68. The van der Waals surface area contributed by atoms with Crippen molar-refractivity contribution in [2.75, 3.05) is 31.1 Å². The Hall–Kier alpha value is -2.22. The Morgan fingerprint density at radius 3 is 2.48 bits per heavy atom. The zero-order chi connectivity index (χ0) is 21.0. The smallest absolute Gasteiger partial charge is 0.0404 e. The van der Waals surface area contributed by atoms with Gasteiger partial charge in [-0.25, -0.2) is 0 Å². The Morgan fingerprint density at radius 2 is 1.71 bits per heavy atom. The molecule has 1 aromatic heterocycles. The summed E-state index contributed by atoms with van der Waals surface area (Å²) in [6.45, 7) is 4.79. The van der Waals surface area contributed by atoms with Gasteiger partial charge in [-0.05, 0) is 71.8 Å². The van der Waals surface area contributed by atoms with Crippen LogP contribution in [-0.4, -0.2) is 42.1 Å². The normalized spacial score (nSPS) is 17.1. The second kappa shape index (κ2) is 9.51. The maximum atomic E-state index is 4.27. The first-order valence-electron chi connectivity index (χ1n) is 11.6. The van der Waals surface area contributed by atoms with Crippen LogP contribution >= 0.6 is 9.24 Å². The van der Waals surface area contributed by atoms with Gasteiger partial charge in [0, 0.05) is 50.3 Å². The maximum Gasteiger partial charge on any atom is 0.0404 e. The average molecular weight is 430 g/mol. The molecule has 3 heterocycles. The van der Waals surface area contributed by atoms with E-state index in [-0.39, 0.29) is 0 Å².